The molecule has 0 atom stereocenters. The van der Waals surface area contributed by atoms with E-state index in [1.54, 1.807) is 0 Å². The summed E-state index contributed by atoms with van der Waals surface area (Å²) < 4.78 is 0. The van der Waals surface area contributed by atoms with Crippen molar-refractivity contribution in [2.45, 2.75) is 39.3 Å². The molecule has 1 N–H and O–H groups in total. The van der Waals surface area contributed by atoms with Crippen molar-refractivity contribution in [3.63, 3.8) is 0 Å². The maximum absolute atomic E-state index is 12.9. The zero-order valence-electron chi connectivity index (χ0n) is 16.1. The van der Waals surface area contributed by atoms with Crippen LogP contribution >= 0.6 is 0 Å². The van der Waals surface area contributed by atoms with E-state index in [0.29, 0.717) is 25.9 Å². The summed E-state index contributed by atoms with van der Waals surface area (Å²) in [5, 5.41) is 0. The van der Waals surface area contributed by atoms with E-state index < -0.39 is 5.72 Å². The molecule has 2 aromatic carbocycles. The zero-order chi connectivity index (χ0) is 19.0. The van der Waals surface area contributed by atoms with Gasteiger partial charge in [-0.2, -0.15) is 0 Å². The number of nitrogens with one attached hydrogen (secondary N) is 1. The van der Waals surface area contributed by atoms with Crippen LogP contribution in [0.1, 0.15) is 45.5 Å². The number of benzene rings is 2. The van der Waals surface area contributed by atoms with E-state index in [0.717, 1.165) is 28.1 Å². The molecule has 27 heavy (non-hydrogen) atoms. The third kappa shape index (κ3) is 3.60. The molecular weight excluding hydrogens is 338 g/mol. The summed E-state index contributed by atoms with van der Waals surface area (Å²) in [6, 6.07) is 14.2. The molecule has 2 aromatic rings. The molecule has 5 nitrogen and oxygen atoms in total. The van der Waals surface area contributed by atoms with Crippen molar-refractivity contribution in [2.24, 2.45) is 4.99 Å². The fourth-order valence-electron chi connectivity index (χ4n) is 3.78. The lowest BCUT2D eigenvalue weighted by Gasteiger charge is -2.35. The van der Waals surface area contributed by atoms with Crippen molar-refractivity contribution >= 4 is 11.7 Å². The van der Waals surface area contributed by atoms with Crippen LogP contribution in [0.3, 0.4) is 0 Å². The van der Waals surface area contributed by atoms with Gasteiger partial charge in [0.2, 0.25) is 0 Å². The van der Waals surface area contributed by atoms with Crippen LogP contribution in [0, 0.1) is 20.8 Å². The molecule has 2 heterocycles. The smallest absolute Gasteiger partial charge is 0.253 e. The number of rotatable bonds is 2. The number of hydroxylamine groups is 1. The predicted octanol–water partition coefficient (Wildman–Crippen LogP) is 3.53. The summed E-state index contributed by atoms with van der Waals surface area (Å²) in [6.45, 7) is 7.38. The van der Waals surface area contributed by atoms with Crippen molar-refractivity contribution in [3.05, 3.63) is 70.3 Å². The summed E-state index contributed by atoms with van der Waals surface area (Å²) in [4.78, 5) is 25.4. The van der Waals surface area contributed by atoms with Gasteiger partial charge in [0, 0.05) is 37.1 Å². The standard InChI is InChI=1S/C22H25N3O2/c1-15-4-6-18(7-5-15)20-23-22(27-24-20)8-10-25(11-9-22)21(26)19-13-16(2)12-17(3)14-19/h4-7,12-14H,8-11H2,1-3H3,(H,23,24). The fraction of sp³-hybridized carbons (Fsp3) is 0.364. The number of hydrogen-bond acceptors (Lipinski definition) is 4. The number of piperidine rings is 1. The van der Waals surface area contributed by atoms with Crippen LogP contribution in [0.5, 0.6) is 0 Å². The van der Waals surface area contributed by atoms with E-state index in [4.69, 9.17) is 9.83 Å². The minimum atomic E-state index is -0.570. The van der Waals surface area contributed by atoms with Gasteiger partial charge in [-0.25, -0.2) is 15.3 Å². The maximum Gasteiger partial charge on any atom is 0.253 e. The number of carbonyl (C=O) groups is 1. The number of aryl methyl sites for hydroxylation is 3. The molecule has 5 heteroatoms. The summed E-state index contributed by atoms with van der Waals surface area (Å²) in [5.74, 6) is 0.856. The van der Waals surface area contributed by atoms with Gasteiger partial charge in [-0.1, -0.05) is 47.0 Å². The Kier molecular flexibility index (Phi) is 4.48. The molecular formula is C22H25N3O2. The van der Waals surface area contributed by atoms with Crippen LogP contribution < -0.4 is 5.48 Å². The highest BCUT2D eigenvalue weighted by Gasteiger charge is 2.41. The second-order valence-electron chi connectivity index (χ2n) is 7.65. The molecule has 1 saturated heterocycles. The topological polar surface area (TPSA) is 53.9 Å². The Labute approximate surface area is 160 Å². The van der Waals surface area contributed by atoms with Crippen molar-refractivity contribution in [1.82, 2.24) is 10.4 Å². The lowest BCUT2D eigenvalue weighted by Crippen LogP contribution is -2.46. The van der Waals surface area contributed by atoms with Crippen molar-refractivity contribution < 1.29 is 9.63 Å². The van der Waals surface area contributed by atoms with Crippen LogP contribution in [0.4, 0.5) is 0 Å². The first-order valence-corrected chi connectivity index (χ1v) is 9.43. The summed E-state index contributed by atoms with van der Waals surface area (Å²) >= 11 is 0. The number of carbonyl (C=O) groups excluding carboxylic acids is 1. The largest absolute Gasteiger partial charge is 0.338 e. The highest BCUT2D eigenvalue weighted by Crippen LogP contribution is 2.31. The van der Waals surface area contributed by atoms with E-state index in [9.17, 15) is 4.79 Å². The lowest BCUT2D eigenvalue weighted by molar-refractivity contribution is -0.0849. The summed E-state index contributed by atoms with van der Waals surface area (Å²) in [6.07, 6.45) is 1.37. The Bertz CT molecular complexity index is 874. The lowest BCUT2D eigenvalue weighted by atomic mass is 9.99. The molecule has 0 aliphatic carbocycles. The van der Waals surface area contributed by atoms with Gasteiger partial charge >= 0.3 is 0 Å². The van der Waals surface area contributed by atoms with Crippen molar-refractivity contribution in [1.29, 1.82) is 0 Å². The number of likely N-dealkylation sites (tertiary alicyclic amines) is 1. The van der Waals surface area contributed by atoms with Gasteiger partial charge < -0.3 is 4.90 Å². The van der Waals surface area contributed by atoms with E-state index in [-0.39, 0.29) is 5.91 Å². The van der Waals surface area contributed by atoms with Gasteiger partial charge in [-0.05, 0) is 32.9 Å². The molecule has 140 valence electrons. The highest BCUT2D eigenvalue weighted by atomic mass is 16.7. The predicted molar refractivity (Wildman–Crippen MR) is 106 cm³/mol. The Balaban J connectivity index is 1.45. The molecule has 1 spiro atoms. The number of amides is 1. The molecule has 0 bridgehead atoms. The van der Waals surface area contributed by atoms with E-state index in [1.165, 1.54) is 5.56 Å². The second kappa shape index (κ2) is 6.82. The average Bonchev–Trinajstić information content (AvgIpc) is 3.05. The SMILES string of the molecule is Cc1ccc(C2=NC3(CCN(C(=O)c4cc(C)cc(C)c4)CC3)ON2)cc1. The van der Waals surface area contributed by atoms with Crippen LogP contribution in [0.25, 0.3) is 0 Å². The van der Waals surface area contributed by atoms with Crippen LogP contribution in [-0.4, -0.2) is 35.5 Å². The highest BCUT2D eigenvalue weighted by molar-refractivity contribution is 5.99. The Morgan fingerprint density at radius 1 is 1.00 bits per heavy atom. The van der Waals surface area contributed by atoms with Gasteiger partial charge in [-0.3, -0.25) is 4.79 Å². The van der Waals surface area contributed by atoms with Crippen LogP contribution in [-0.2, 0) is 4.84 Å². The van der Waals surface area contributed by atoms with Crippen LogP contribution in [0.2, 0.25) is 0 Å². The monoisotopic (exact) mass is 363 g/mol. The fourth-order valence-corrected chi connectivity index (χ4v) is 3.78. The molecule has 1 amide bonds. The molecule has 0 aromatic heterocycles. The zero-order valence-corrected chi connectivity index (χ0v) is 16.1. The van der Waals surface area contributed by atoms with Gasteiger partial charge in [0.05, 0.1) is 0 Å². The molecule has 4 rings (SSSR count). The molecule has 0 unspecified atom stereocenters. The molecule has 0 saturated carbocycles. The summed E-state index contributed by atoms with van der Waals surface area (Å²) in [7, 11) is 0. The van der Waals surface area contributed by atoms with Crippen molar-refractivity contribution in [3.8, 4) is 0 Å². The minimum Gasteiger partial charge on any atom is -0.338 e. The van der Waals surface area contributed by atoms with Crippen molar-refractivity contribution in [2.75, 3.05) is 13.1 Å². The number of amidine groups is 1. The van der Waals surface area contributed by atoms with Gasteiger partial charge in [-0.15, -0.1) is 0 Å². The quantitative estimate of drug-likeness (QED) is 0.888. The first kappa shape index (κ1) is 17.7. The normalized spacial score (nSPS) is 18.3. The average molecular weight is 363 g/mol. The first-order valence-electron chi connectivity index (χ1n) is 9.43. The number of hydrogen-bond donors (Lipinski definition) is 1. The van der Waals surface area contributed by atoms with Gasteiger partial charge in [0.15, 0.2) is 11.6 Å². The third-order valence-electron chi connectivity index (χ3n) is 5.28. The first-order chi connectivity index (χ1) is 12.9. The molecule has 0 radical (unpaired) electrons. The second-order valence-corrected chi connectivity index (χ2v) is 7.65. The van der Waals surface area contributed by atoms with Gasteiger partial charge in [0.25, 0.3) is 5.91 Å². The minimum absolute atomic E-state index is 0.0883. The maximum atomic E-state index is 12.9. The molecule has 2 aliphatic heterocycles. The molecule has 1 fully saturated rings. The summed E-state index contributed by atoms with van der Waals surface area (Å²) in [5.41, 5.74) is 7.64. The number of nitrogens with zero attached hydrogens (tertiary/aromatic N) is 2. The molecule has 2 aliphatic rings. The van der Waals surface area contributed by atoms with E-state index >= 15 is 0 Å². The Hall–Kier alpha value is -2.66. The van der Waals surface area contributed by atoms with Crippen LogP contribution in [0.15, 0.2) is 47.5 Å². The van der Waals surface area contributed by atoms with E-state index in [2.05, 4.69) is 30.6 Å². The Morgan fingerprint density at radius 2 is 1.63 bits per heavy atom. The third-order valence-corrected chi connectivity index (χ3v) is 5.28. The Morgan fingerprint density at radius 3 is 2.26 bits per heavy atom. The number of aliphatic imine (C=N–C) groups is 1. The van der Waals surface area contributed by atoms with Gasteiger partial charge in [0.1, 0.15) is 0 Å². The van der Waals surface area contributed by atoms with E-state index in [1.807, 2.05) is 43.0 Å².